The molecular formula is C19H16F3N3O. The average Bonchev–Trinajstić information content (AvgIpc) is 3.08. The summed E-state index contributed by atoms with van der Waals surface area (Å²) in [5.74, 6) is -0.103. The van der Waals surface area contributed by atoms with Crippen LogP contribution in [0, 0.1) is 0 Å². The van der Waals surface area contributed by atoms with E-state index in [1.165, 1.54) is 0 Å². The van der Waals surface area contributed by atoms with Gasteiger partial charge < -0.3 is 10.1 Å². The molecule has 4 rings (SSSR count). The van der Waals surface area contributed by atoms with E-state index in [4.69, 9.17) is 4.74 Å². The van der Waals surface area contributed by atoms with Crippen LogP contribution in [0.3, 0.4) is 0 Å². The smallest absolute Gasteiger partial charge is 0.451 e. The second-order valence-corrected chi connectivity index (χ2v) is 6.24. The Balaban J connectivity index is 1.72. The van der Waals surface area contributed by atoms with Crippen LogP contribution in [0.2, 0.25) is 0 Å². The molecule has 4 nitrogen and oxygen atoms in total. The molecule has 134 valence electrons. The van der Waals surface area contributed by atoms with E-state index in [2.05, 4.69) is 15.3 Å². The van der Waals surface area contributed by atoms with Crippen LogP contribution < -0.4 is 10.1 Å². The molecule has 2 heterocycles. The van der Waals surface area contributed by atoms with Gasteiger partial charge in [0.1, 0.15) is 11.6 Å². The first kappa shape index (κ1) is 16.6. The first-order valence-electron chi connectivity index (χ1n) is 8.28. The van der Waals surface area contributed by atoms with E-state index in [1.54, 1.807) is 24.3 Å². The van der Waals surface area contributed by atoms with E-state index in [9.17, 15) is 13.2 Å². The van der Waals surface area contributed by atoms with Gasteiger partial charge in [-0.15, -0.1) is 0 Å². The minimum Gasteiger partial charge on any atom is -0.493 e. The molecule has 0 amide bonds. The zero-order chi connectivity index (χ0) is 18.3. The molecule has 3 aromatic rings. The van der Waals surface area contributed by atoms with Crippen molar-refractivity contribution in [2.24, 2.45) is 0 Å². The molecule has 0 spiro atoms. The predicted octanol–water partition coefficient (Wildman–Crippen LogP) is 4.76. The number of benzene rings is 2. The van der Waals surface area contributed by atoms with E-state index in [0.29, 0.717) is 12.0 Å². The lowest BCUT2D eigenvalue weighted by atomic mass is 10.0. The van der Waals surface area contributed by atoms with Crippen LogP contribution in [0.25, 0.3) is 10.9 Å². The molecule has 1 aromatic heterocycles. The van der Waals surface area contributed by atoms with Crippen molar-refractivity contribution in [2.45, 2.75) is 25.6 Å². The minimum atomic E-state index is -4.60. The third-order valence-corrected chi connectivity index (χ3v) is 4.42. The molecular weight excluding hydrogens is 343 g/mol. The maximum absolute atomic E-state index is 13.1. The van der Waals surface area contributed by atoms with E-state index in [-0.39, 0.29) is 17.4 Å². The Bertz CT molecular complexity index is 972. The van der Waals surface area contributed by atoms with Gasteiger partial charge in [-0.3, -0.25) is 0 Å². The topological polar surface area (TPSA) is 47.0 Å². The fourth-order valence-corrected chi connectivity index (χ4v) is 3.08. The van der Waals surface area contributed by atoms with Crippen molar-refractivity contribution < 1.29 is 17.9 Å². The highest BCUT2D eigenvalue weighted by atomic mass is 19.4. The number of fused-ring (bicyclic) bond motifs is 2. The fourth-order valence-electron chi connectivity index (χ4n) is 3.08. The number of nitrogens with zero attached hydrogens (tertiary/aromatic N) is 2. The lowest BCUT2D eigenvalue weighted by Gasteiger charge is -2.18. The van der Waals surface area contributed by atoms with Gasteiger partial charge in [0.25, 0.3) is 0 Å². The quantitative estimate of drug-likeness (QED) is 0.733. The molecule has 0 aliphatic carbocycles. The number of para-hydroxylation sites is 1. The van der Waals surface area contributed by atoms with Crippen molar-refractivity contribution in [1.82, 2.24) is 9.97 Å². The summed E-state index contributed by atoms with van der Waals surface area (Å²) < 4.78 is 44.9. The predicted molar refractivity (Wildman–Crippen MR) is 92.2 cm³/mol. The molecule has 26 heavy (non-hydrogen) atoms. The maximum atomic E-state index is 13.1. The number of aromatic nitrogens is 2. The lowest BCUT2D eigenvalue weighted by molar-refractivity contribution is -0.144. The molecule has 1 aliphatic rings. The Hall–Kier alpha value is -2.83. The van der Waals surface area contributed by atoms with Crippen molar-refractivity contribution in [2.75, 3.05) is 11.9 Å². The zero-order valence-corrected chi connectivity index (χ0v) is 14.0. The Labute approximate surface area is 148 Å². The first-order valence-corrected chi connectivity index (χ1v) is 8.28. The second-order valence-electron chi connectivity index (χ2n) is 6.24. The van der Waals surface area contributed by atoms with E-state index in [0.717, 1.165) is 23.3 Å². The van der Waals surface area contributed by atoms with Gasteiger partial charge in [0.2, 0.25) is 5.82 Å². The van der Waals surface area contributed by atoms with Gasteiger partial charge in [-0.05, 0) is 42.3 Å². The van der Waals surface area contributed by atoms with E-state index >= 15 is 0 Å². The second kappa shape index (κ2) is 6.16. The van der Waals surface area contributed by atoms with Crippen molar-refractivity contribution in [3.8, 4) is 5.75 Å². The Kier molecular flexibility index (Phi) is 3.94. The summed E-state index contributed by atoms with van der Waals surface area (Å²) >= 11 is 0. The van der Waals surface area contributed by atoms with E-state index < -0.39 is 12.0 Å². The summed E-state index contributed by atoms with van der Waals surface area (Å²) in [5.41, 5.74) is 2.33. The number of alkyl halides is 3. The van der Waals surface area contributed by atoms with Crippen LogP contribution in [0.5, 0.6) is 5.75 Å². The summed E-state index contributed by atoms with van der Waals surface area (Å²) in [4.78, 5) is 7.38. The summed E-state index contributed by atoms with van der Waals surface area (Å²) in [6.45, 7) is 2.55. The van der Waals surface area contributed by atoms with Gasteiger partial charge in [-0.25, -0.2) is 9.97 Å². The zero-order valence-electron chi connectivity index (χ0n) is 14.0. The van der Waals surface area contributed by atoms with Gasteiger partial charge >= 0.3 is 6.18 Å². The number of hydrogen-bond acceptors (Lipinski definition) is 4. The summed E-state index contributed by atoms with van der Waals surface area (Å²) in [7, 11) is 0. The third kappa shape index (κ3) is 3.05. The number of anilines is 1. The molecule has 1 aliphatic heterocycles. The molecule has 0 fully saturated rings. The van der Waals surface area contributed by atoms with Gasteiger partial charge in [0.05, 0.1) is 12.1 Å². The summed E-state index contributed by atoms with van der Waals surface area (Å²) in [5, 5.41) is 3.67. The highest BCUT2D eigenvalue weighted by Crippen LogP contribution is 2.33. The number of ether oxygens (including phenoxy) is 1. The van der Waals surface area contributed by atoms with Gasteiger partial charge in [0, 0.05) is 17.8 Å². The summed E-state index contributed by atoms with van der Waals surface area (Å²) in [6, 6.07) is 12.3. The van der Waals surface area contributed by atoms with Crippen molar-refractivity contribution in [3.05, 3.63) is 59.4 Å². The van der Waals surface area contributed by atoms with E-state index in [1.807, 2.05) is 25.1 Å². The largest absolute Gasteiger partial charge is 0.493 e. The fraction of sp³-hybridized carbons (Fsp3) is 0.263. The van der Waals surface area contributed by atoms with Crippen LogP contribution in [0.1, 0.15) is 29.9 Å². The number of halogens is 3. The van der Waals surface area contributed by atoms with Crippen LogP contribution in [0.4, 0.5) is 19.0 Å². The number of rotatable bonds is 3. The van der Waals surface area contributed by atoms with Gasteiger partial charge in [0.15, 0.2) is 0 Å². The van der Waals surface area contributed by atoms with Crippen LogP contribution >= 0.6 is 0 Å². The Morgan fingerprint density at radius 1 is 1.12 bits per heavy atom. The number of hydrogen-bond donors (Lipinski definition) is 1. The Morgan fingerprint density at radius 2 is 1.92 bits per heavy atom. The molecule has 1 N–H and O–H groups in total. The highest BCUT2D eigenvalue weighted by molar-refractivity contribution is 5.89. The average molecular weight is 359 g/mol. The SMILES string of the molecule is C[C@H](Nc1nc(C(F)(F)F)nc2ccccc12)c1ccc2c(c1)CCO2. The van der Waals surface area contributed by atoms with Crippen LogP contribution in [-0.2, 0) is 12.6 Å². The standard InChI is InChI=1S/C19H16F3N3O/c1-11(12-6-7-16-13(10-12)8-9-26-16)23-17-14-4-2-3-5-15(14)24-18(25-17)19(20,21)22/h2-7,10-11H,8-9H2,1H3,(H,23,24,25)/t11-/m0/s1. The highest BCUT2D eigenvalue weighted by Gasteiger charge is 2.35. The molecule has 1 atom stereocenters. The molecule has 0 radical (unpaired) electrons. The summed E-state index contributed by atoms with van der Waals surface area (Å²) in [6.07, 6.45) is -3.76. The monoisotopic (exact) mass is 359 g/mol. The number of nitrogens with one attached hydrogen (secondary N) is 1. The first-order chi connectivity index (χ1) is 12.4. The Morgan fingerprint density at radius 3 is 2.73 bits per heavy atom. The van der Waals surface area contributed by atoms with Crippen molar-refractivity contribution >= 4 is 16.7 Å². The third-order valence-electron chi connectivity index (χ3n) is 4.42. The molecule has 0 saturated heterocycles. The van der Waals surface area contributed by atoms with Crippen molar-refractivity contribution in [1.29, 1.82) is 0 Å². The molecule has 2 aromatic carbocycles. The minimum absolute atomic E-state index is 0.173. The van der Waals surface area contributed by atoms with Gasteiger partial charge in [-0.1, -0.05) is 18.2 Å². The van der Waals surface area contributed by atoms with Gasteiger partial charge in [-0.2, -0.15) is 13.2 Å². The lowest BCUT2D eigenvalue weighted by Crippen LogP contribution is -2.15. The maximum Gasteiger partial charge on any atom is 0.451 e. The molecule has 0 saturated carbocycles. The molecule has 7 heteroatoms. The molecule has 0 bridgehead atoms. The van der Waals surface area contributed by atoms with Crippen LogP contribution in [-0.4, -0.2) is 16.6 Å². The normalized spacial score (nSPS) is 14.8. The molecule has 0 unspecified atom stereocenters. The van der Waals surface area contributed by atoms with Crippen LogP contribution in [0.15, 0.2) is 42.5 Å². The van der Waals surface area contributed by atoms with Crippen molar-refractivity contribution in [3.63, 3.8) is 0 Å².